The van der Waals surface area contributed by atoms with Gasteiger partial charge in [0.1, 0.15) is 0 Å². The number of carbonyl (C=O) groups excluding carboxylic acids is 1. The maximum atomic E-state index is 11.8. The zero-order chi connectivity index (χ0) is 14.7. The number of esters is 1. The van der Waals surface area contributed by atoms with Gasteiger partial charge in [-0.25, -0.2) is 9.86 Å². The van der Waals surface area contributed by atoms with Crippen molar-refractivity contribution in [1.82, 2.24) is 5.06 Å². The maximum Gasteiger partial charge on any atom is 0.337 e. The minimum Gasteiger partial charge on any atom is -0.463 e. The fourth-order valence-corrected chi connectivity index (χ4v) is 2.25. The number of dihydropyridines is 1. The highest BCUT2D eigenvalue weighted by atomic mass is 35.5. The van der Waals surface area contributed by atoms with E-state index in [4.69, 9.17) is 21.2 Å². The van der Waals surface area contributed by atoms with Gasteiger partial charge in [0.2, 0.25) is 0 Å². The molecule has 2 heterocycles. The Morgan fingerprint density at radius 2 is 2.20 bits per heavy atom. The molecule has 0 aliphatic carbocycles. The SMILES string of the molecule is CCOC(=O)C1=C(Cl)C2=CN(OCC)C(C)=CC2=NC1. The van der Waals surface area contributed by atoms with E-state index in [2.05, 4.69) is 4.99 Å². The molecule has 2 aliphatic rings. The molecule has 0 aromatic heterocycles. The topological polar surface area (TPSA) is 51.1 Å². The van der Waals surface area contributed by atoms with Crippen molar-refractivity contribution < 1.29 is 14.4 Å². The lowest BCUT2D eigenvalue weighted by Crippen LogP contribution is -2.26. The molecule has 6 heteroatoms. The summed E-state index contributed by atoms with van der Waals surface area (Å²) >= 11 is 6.32. The Bertz CT molecular complexity index is 547. The summed E-state index contributed by atoms with van der Waals surface area (Å²) in [5, 5.41) is 2.01. The molecule has 20 heavy (non-hydrogen) atoms. The van der Waals surface area contributed by atoms with E-state index in [1.807, 2.05) is 19.9 Å². The van der Waals surface area contributed by atoms with Crippen LogP contribution < -0.4 is 0 Å². The second-order valence-corrected chi connectivity index (χ2v) is 4.66. The Morgan fingerprint density at radius 1 is 1.45 bits per heavy atom. The summed E-state index contributed by atoms with van der Waals surface area (Å²) < 4.78 is 4.99. The van der Waals surface area contributed by atoms with Crippen molar-refractivity contribution in [2.24, 2.45) is 4.99 Å². The van der Waals surface area contributed by atoms with E-state index < -0.39 is 5.97 Å². The van der Waals surface area contributed by atoms with Crippen LogP contribution in [0.1, 0.15) is 20.8 Å². The highest BCUT2D eigenvalue weighted by Gasteiger charge is 2.27. The number of ether oxygens (including phenoxy) is 1. The Kier molecular flexibility index (Phi) is 4.62. The van der Waals surface area contributed by atoms with Crippen LogP contribution in [-0.4, -0.2) is 36.5 Å². The van der Waals surface area contributed by atoms with Gasteiger partial charge in [0.25, 0.3) is 0 Å². The summed E-state index contributed by atoms with van der Waals surface area (Å²) in [5.74, 6) is -0.421. The van der Waals surface area contributed by atoms with Crippen LogP contribution in [0, 0.1) is 0 Å². The first kappa shape index (κ1) is 14.8. The summed E-state index contributed by atoms with van der Waals surface area (Å²) in [4.78, 5) is 21.7. The van der Waals surface area contributed by atoms with Crippen molar-refractivity contribution in [3.8, 4) is 0 Å². The monoisotopic (exact) mass is 296 g/mol. The molecule has 2 rings (SSSR count). The minimum absolute atomic E-state index is 0.239. The van der Waals surface area contributed by atoms with Crippen LogP contribution in [-0.2, 0) is 14.4 Å². The number of aliphatic imine (C=N–C) groups is 1. The van der Waals surface area contributed by atoms with E-state index in [0.29, 0.717) is 29.4 Å². The molecule has 0 aromatic rings. The molecule has 0 amide bonds. The second-order valence-electron chi connectivity index (χ2n) is 4.29. The zero-order valence-electron chi connectivity index (χ0n) is 11.8. The molecule has 108 valence electrons. The lowest BCUT2D eigenvalue weighted by molar-refractivity contribution is -0.138. The first-order chi connectivity index (χ1) is 9.58. The molecule has 0 unspecified atom stereocenters. The number of hydrogen-bond acceptors (Lipinski definition) is 5. The highest BCUT2D eigenvalue weighted by molar-refractivity contribution is 6.39. The average Bonchev–Trinajstić information content (AvgIpc) is 2.41. The van der Waals surface area contributed by atoms with Crippen LogP contribution in [0.3, 0.4) is 0 Å². The normalized spacial score (nSPS) is 18.2. The van der Waals surface area contributed by atoms with Crippen LogP contribution in [0.4, 0.5) is 0 Å². The summed E-state index contributed by atoms with van der Waals surface area (Å²) in [6.45, 7) is 6.66. The molecular formula is C14H17ClN2O3. The first-order valence-electron chi connectivity index (χ1n) is 6.51. The molecule has 0 N–H and O–H groups in total. The molecule has 0 spiro atoms. The van der Waals surface area contributed by atoms with Crippen molar-refractivity contribution in [3.63, 3.8) is 0 Å². The second kappa shape index (κ2) is 6.24. The van der Waals surface area contributed by atoms with E-state index in [0.717, 1.165) is 11.4 Å². The van der Waals surface area contributed by atoms with E-state index in [9.17, 15) is 4.79 Å². The zero-order valence-corrected chi connectivity index (χ0v) is 12.5. The summed E-state index contributed by atoms with van der Waals surface area (Å²) in [6.07, 6.45) is 3.63. The predicted octanol–water partition coefficient (Wildman–Crippen LogP) is 2.55. The van der Waals surface area contributed by atoms with E-state index >= 15 is 0 Å². The van der Waals surface area contributed by atoms with Crippen LogP contribution in [0.5, 0.6) is 0 Å². The Hall–Kier alpha value is -1.59. The Morgan fingerprint density at radius 3 is 2.85 bits per heavy atom. The minimum atomic E-state index is -0.421. The number of carbonyl (C=O) groups is 1. The van der Waals surface area contributed by atoms with Gasteiger partial charge < -0.3 is 4.74 Å². The summed E-state index contributed by atoms with van der Waals surface area (Å²) in [6, 6.07) is 0. The Balaban J connectivity index is 2.33. The van der Waals surface area contributed by atoms with Crippen LogP contribution >= 0.6 is 11.6 Å². The number of rotatable bonds is 4. The number of hydrogen-bond donors (Lipinski definition) is 0. The van der Waals surface area contributed by atoms with Gasteiger partial charge in [-0.3, -0.25) is 9.83 Å². The van der Waals surface area contributed by atoms with E-state index in [1.54, 1.807) is 18.2 Å². The average molecular weight is 297 g/mol. The van der Waals surface area contributed by atoms with Crippen molar-refractivity contribution in [2.75, 3.05) is 19.8 Å². The molecule has 0 aromatic carbocycles. The van der Waals surface area contributed by atoms with Gasteiger partial charge in [0.05, 0.1) is 36.1 Å². The predicted molar refractivity (Wildman–Crippen MR) is 77.1 cm³/mol. The molecule has 0 atom stereocenters. The number of fused-ring (bicyclic) bond motifs is 1. The molecular weight excluding hydrogens is 280 g/mol. The molecule has 0 saturated carbocycles. The van der Waals surface area contributed by atoms with Gasteiger partial charge in [0, 0.05) is 17.5 Å². The van der Waals surface area contributed by atoms with Crippen molar-refractivity contribution >= 4 is 23.3 Å². The molecule has 0 radical (unpaired) electrons. The van der Waals surface area contributed by atoms with Gasteiger partial charge in [-0.1, -0.05) is 11.6 Å². The molecule has 5 nitrogen and oxygen atoms in total. The van der Waals surface area contributed by atoms with E-state index in [-0.39, 0.29) is 6.54 Å². The number of allylic oxidation sites excluding steroid dienone is 4. The lowest BCUT2D eigenvalue weighted by atomic mass is 10.0. The number of halogens is 1. The lowest BCUT2D eigenvalue weighted by Gasteiger charge is -2.27. The van der Waals surface area contributed by atoms with Gasteiger partial charge in [-0.15, -0.1) is 0 Å². The van der Waals surface area contributed by atoms with E-state index in [1.165, 1.54) is 0 Å². The van der Waals surface area contributed by atoms with Crippen molar-refractivity contribution in [2.45, 2.75) is 20.8 Å². The largest absolute Gasteiger partial charge is 0.463 e. The Labute approximate surface area is 123 Å². The van der Waals surface area contributed by atoms with Crippen LogP contribution in [0.2, 0.25) is 0 Å². The summed E-state index contributed by atoms with van der Waals surface area (Å²) in [7, 11) is 0. The third-order valence-corrected chi connectivity index (χ3v) is 3.35. The van der Waals surface area contributed by atoms with Crippen molar-refractivity contribution in [1.29, 1.82) is 0 Å². The molecule has 0 saturated heterocycles. The van der Waals surface area contributed by atoms with Gasteiger partial charge >= 0.3 is 5.97 Å². The molecule has 0 bridgehead atoms. The third kappa shape index (κ3) is 2.78. The highest BCUT2D eigenvalue weighted by Crippen LogP contribution is 2.31. The summed E-state index contributed by atoms with van der Waals surface area (Å²) in [5.41, 5.74) is 2.74. The fraction of sp³-hybridized carbons (Fsp3) is 0.429. The smallest absolute Gasteiger partial charge is 0.337 e. The maximum absolute atomic E-state index is 11.8. The van der Waals surface area contributed by atoms with Crippen LogP contribution in [0.25, 0.3) is 0 Å². The molecule has 2 aliphatic heterocycles. The van der Waals surface area contributed by atoms with Gasteiger partial charge in [-0.05, 0) is 26.8 Å². The van der Waals surface area contributed by atoms with Crippen molar-refractivity contribution in [3.05, 3.63) is 34.2 Å². The van der Waals surface area contributed by atoms with Gasteiger partial charge in [-0.2, -0.15) is 0 Å². The number of nitrogens with zero attached hydrogens (tertiary/aromatic N) is 2. The third-order valence-electron chi connectivity index (χ3n) is 2.91. The molecule has 0 fully saturated rings. The quantitative estimate of drug-likeness (QED) is 0.748. The van der Waals surface area contributed by atoms with Gasteiger partial charge in [0.15, 0.2) is 0 Å². The number of hydroxylamine groups is 2. The van der Waals surface area contributed by atoms with Crippen LogP contribution in [0.15, 0.2) is 39.1 Å². The fourth-order valence-electron chi connectivity index (χ4n) is 1.97. The first-order valence-corrected chi connectivity index (χ1v) is 6.89. The standard InChI is InChI=1S/C14H17ClN2O3/c1-4-19-14(18)10-7-16-12-6-9(3)17(20-5-2)8-11(12)13(10)15/h6,8H,4-5,7H2,1-3H3.